The molecule has 2 aromatic heterocycles. The summed E-state index contributed by atoms with van der Waals surface area (Å²) in [4.78, 5) is 18.3. The number of fused-ring (bicyclic) bond motifs is 1. The first kappa shape index (κ1) is 17.9. The van der Waals surface area contributed by atoms with Crippen molar-refractivity contribution >= 4 is 22.4 Å². The average molecular weight is 369 g/mol. The molecule has 5 nitrogen and oxygen atoms in total. The van der Waals surface area contributed by atoms with Crippen molar-refractivity contribution in [1.29, 1.82) is 0 Å². The smallest absolute Gasteiger partial charge is 0.163 e. The lowest BCUT2D eigenvalue weighted by molar-refractivity contribution is 0.824. The highest BCUT2D eigenvalue weighted by atomic mass is 15.2. The fourth-order valence-corrected chi connectivity index (χ4v) is 3.19. The minimum absolute atomic E-state index is 0.699. The maximum absolute atomic E-state index is 4.88. The van der Waals surface area contributed by atoms with Crippen molar-refractivity contribution in [2.75, 3.05) is 37.0 Å². The van der Waals surface area contributed by atoms with Crippen LogP contribution in [-0.2, 0) is 0 Å². The molecule has 2 heterocycles. The van der Waals surface area contributed by atoms with E-state index in [1.165, 1.54) is 5.69 Å². The minimum Gasteiger partial charge on any atom is -0.373 e. The second kappa shape index (κ2) is 8.05. The van der Waals surface area contributed by atoms with E-state index in [1.807, 2.05) is 36.4 Å². The van der Waals surface area contributed by atoms with Gasteiger partial charge in [0.05, 0.1) is 5.52 Å². The lowest BCUT2D eigenvalue weighted by atomic mass is 10.2. The summed E-state index contributed by atoms with van der Waals surface area (Å²) in [5.41, 5.74) is 3.07. The lowest BCUT2D eigenvalue weighted by Gasteiger charge is -2.25. The quantitative estimate of drug-likeness (QED) is 0.508. The maximum atomic E-state index is 4.88. The van der Waals surface area contributed by atoms with Gasteiger partial charge in [-0.25, -0.2) is 9.97 Å². The van der Waals surface area contributed by atoms with E-state index in [0.29, 0.717) is 5.82 Å². The van der Waals surface area contributed by atoms with E-state index in [-0.39, 0.29) is 0 Å². The van der Waals surface area contributed by atoms with Gasteiger partial charge in [-0.05, 0) is 36.4 Å². The fraction of sp³-hybridized carbons (Fsp3) is 0.174. The van der Waals surface area contributed by atoms with Crippen LogP contribution in [0.15, 0.2) is 79.1 Å². The van der Waals surface area contributed by atoms with E-state index < -0.39 is 0 Å². The van der Waals surface area contributed by atoms with Gasteiger partial charge in [-0.15, -0.1) is 0 Å². The molecule has 0 aliphatic carbocycles. The normalized spacial score (nSPS) is 10.8. The molecule has 0 unspecified atom stereocenters. The summed E-state index contributed by atoms with van der Waals surface area (Å²) in [7, 11) is 4.20. The summed E-state index contributed by atoms with van der Waals surface area (Å²) < 4.78 is 0. The van der Waals surface area contributed by atoms with Gasteiger partial charge in [-0.3, -0.25) is 4.98 Å². The largest absolute Gasteiger partial charge is 0.373 e. The van der Waals surface area contributed by atoms with Crippen LogP contribution in [-0.4, -0.2) is 42.1 Å². The third-order valence-electron chi connectivity index (χ3n) is 4.83. The van der Waals surface area contributed by atoms with Gasteiger partial charge >= 0.3 is 0 Å². The molecule has 0 saturated carbocycles. The zero-order valence-electron chi connectivity index (χ0n) is 16.2. The van der Waals surface area contributed by atoms with Crippen LogP contribution in [0.1, 0.15) is 0 Å². The zero-order chi connectivity index (χ0) is 19.3. The third kappa shape index (κ3) is 3.78. The Labute approximate surface area is 165 Å². The van der Waals surface area contributed by atoms with Gasteiger partial charge in [0.15, 0.2) is 5.82 Å². The standard InChI is InChI=1S/C23H23N5/c1-27(19-10-4-3-5-11-19)15-16-28(2)23-20-12-6-7-13-21(20)25-22(26-23)18-9-8-14-24-17-18/h3-14,17H,15-16H2,1-2H3. The highest BCUT2D eigenvalue weighted by molar-refractivity contribution is 5.90. The van der Waals surface area contributed by atoms with Crippen molar-refractivity contribution < 1.29 is 0 Å². The van der Waals surface area contributed by atoms with Gasteiger partial charge in [-0.2, -0.15) is 0 Å². The molecule has 0 atom stereocenters. The molecule has 2 aromatic carbocycles. The summed E-state index contributed by atoms with van der Waals surface area (Å²) in [6.45, 7) is 1.74. The minimum atomic E-state index is 0.699. The molecule has 4 rings (SSSR count). The van der Waals surface area contributed by atoms with E-state index in [1.54, 1.807) is 12.4 Å². The van der Waals surface area contributed by atoms with Gasteiger partial charge in [0, 0.05) is 56.2 Å². The summed E-state index contributed by atoms with van der Waals surface area (Å²) in [5.74, 6) is 1.64. The first-order chi connectivity index (χ1) is 13.7. The molecule has 0 aliphatic rings. The van der Waals surface area contributed by atoms with Crippen LogP contribution in [0.3, 0.4) is 0 Å². The summed E-state index contributed by atoms with van der Waals surface area (Å²) in [5, 5.41) is 1.06. The van der Waals surface area contributed by atoms with Crippen LogP contribution >= 0.6 is 0 Å². The SMILES string of the molecule is CN(CCN(C)c1nc(-c2cccnc2)nc2ccccc12)c1ccccc1. The molecule has 0 bridgehead atoms. The molecule has 0 saturated heterocycles. The number of benzene rings is 2. The number of pyridine rings is 1. The average Bonchev–Trinajstić information content (AvgIpc) is 2.77. The third-order valence-corrected chi connectivity index (χ3v) is 4.83. The zero-order valence-corrected chi connectivity index (χ0v) is 16.2. The van der Waals surface area contributed by atoms with Gasteiger partial charge in [0.25, 0.3) is 0 Å². The first-order valence-electron chi connectivity index (χ1n) is 9.37. The van der Waals surface area contributed by atoms with Crippen LogP contribution < -0.4 is 9.80 Å². The van der Waals surface area contributed by atoms with Crippen molar-refractivity contribution in [2.45, 2.75) is 0 Å². The Hall–Kier alpha value is -3.47. The van der Waals surface area contributed by atoms with E-state index >= 15 is 0 Å². The van der Waals surface area contributed by atoms with Gasteiger partial charge in [0.1, 0.15) is 5.82 Å². The number of rotatable bonds is 6. The number of likely N-dealkylation sites (N-methyl/N-ethyl adjacent to an activating group) is 2. The van der Waals surface area contributed by atoms with Crippen molar-refractivity contribution in [3.8, 4) is 11.4 Å². The number of hydrogen-bond donors (Lipinski definition) is 0. The summed E-state index contributed by atoms with van der Waals surface area (Å²) in [6, 6.07) is 22.5. The lowest BCUT2D eigenvalue weighted by Crippen LogP contribution is -2.31. The molecule has 0 N–H and O–H groups in total. The Balaban J connectivity index is 1.63. The van der Waals surface area contributed by atoms with E-state index in [4.69, 9.17) is 9.97 Å². The predicted molar refractivity (Wildman–Crippen MR) is 116 cm³/mol. The molecule has 0 fully saturated rings. The Kier molecular flexibility index (Phi) is 5.15. The van der Waals surface area contributed by atoms with Crippen LogP contribution in [0.25, 0.3) is 22.3 Å². The molecular formula is C23H23N5. The van der Waals surface area contributed by atoms with Crippen LogP contribution in [0, 0.1) is 0 Å². The van der Waals surface area contributed by atoms with Crippen LogP contribution in [0.5, 0.6) is 0 Å². The van der Waals surface area contributed by atoms with Crippen LogP contribution in [0.2, 0.25) is 0 Å². The van der Waals surface area contributed by atoms with Crippen molar-refractivity contribution in [3.05, 3.63) is 79.1 Å². The Morgan fingerprint density at radius 2 is 1.50 bits per heavy atom. The molecule has 0 amide bonds. The Morgan fingerprint density at radius 1 is 0.750 bits per heavy atom. The number of hydrogen-bond acceptors (Lipinski definition) is 5. The van der Waals surface area contributed by atoms with Crippen molar-refractivity contribution in [3.63, 3.8) is 0 Å². The maximum Gasteiger partial charge on any atom is 0.163 e. The van der Waals surface area contributed by atoms with Gasteiger partial charge in [-0.1, -0.05) is 30.3 Å². The van der Waals surface area contributed by atoms with Crippen molar-refractivity contribution in [2.24, 2.45) is 0 Å². The van der Waals surface area contributed by atoms with Crippen LogP contribution in [0.4, 0.5) is 11.5 Å². The number of nitrogens with zero attached hydrogens (tertiary/aromatic N) is 5. The summed E-state index contributed by atoms with van der Waals surface area (Å²) >= 11 is 0. The highest BCUT2D eigenvalue weighted by Crippen LogP contribution is 2.26. The Morgan fingerprint density at radius 3 is 2.29 bits per heavy atom. The van der Waals surface area contributed by atoms with E-state index in [0.717, 1.165) is 35.4 Å². The highest BCUT2D eigenvalue weighted by Gasteiger charge is 2.13. The predicted octanol–water partition coefficient (Wildman–Crippen LogP) is 4.26. The number of anilines is 2. The topological polar surface area (TPSA) is 45.2 Å². The second-order valence-electron chi connectivity index (χ2n) is 6.81. The molecule has 0 spiro atoms. The monoisotopic (exact) mass is 369 g/mol. The molecule has 140 valence electrons. The van der Waals surface area contributed by atoms with Gasteiger partial charge < -0.3 is 9.80 Å². The van der Waals surface area contributed by atoms with Crippen molar-refractivity contribution in [1.82, 2.24) is 15.0 Å². The molecule has 0 radical (unpaired) electrons. The fourth-order valence-electron chi connectivity index (χ4n) is 3.19. The summed E-state index contributed by atoms with van der Waals surface area (Å²) in [6.07, 6.45) is 3.56. The molecule has 5 heteroatoms. The van der Waals surface area contributed by atoms with E-state index in [9.17, 15) is 0 Å². The Bertz CT molecular complexity index is 1050. The second-order valence-corrected chi connectivity index (χ2v) is 6.81. The first-order valence-corrected chi connectivity index (χ1v) is 9.37. The molecule has 4 aromatic rings. The molecule has 0 aliphatic heterocycles. The number of aromatic nitrogens is 3. The molecular weight excluding hydrogens is 346 g/mol. The van der Waals surface area contributed by atoms with E-state index in [2.05, 4.69) is 59.2 Å². The van der Waals surface area contributed by atoms with Gasteiger partial charge in [0.2, 0.25) is 0 Å². The molecule has 28 heavy (non-hydrogen) atoms. The number of para-hydroxylation sites is 2.